The lowest BCUT2D eigenvalue weighted by Gasteiger charge is -2.78. The van der Waals surface area contributed by atoms with Crippen LogP contribution in [-0.2, 0) is 80.9 Å². The third-order valence-electron chi connectivity index (χ3n) is 16.1. The molecule has 0 aromatic carbocycles. The van der Waals surface area contributed by atoms with Gasteiger partial charge < -0.3 is 56.9 Å². The van der Waals surface area contributed by atoms with Crippen LogP contribution in [0.3, 0.4) is 0 Å². The highest BCUT2D eigenvalue weighted by Crippen LogP contribution is 2.90. The summed E-state index contributed by atoms with van der Waals surface area (Å²) in [5, 5.41) is 14.5. The second kappa shape index (κ2) is 14.6. The van der Waals surface area contributed by atoms with Crippen molar-refractivity contribution in [2.45, 2.75) is 161 Å². The summed E-state index contributed by atoms with van der Waals surface area (Å²) in [4.78, 5) is 98.2. The molecule has 16 atom stereocenters. The highest BCUT2D eigenvalue weighted by molar-refractivity contribution is 5.93. The van der Waals surface area contributed by atoms with Crippen molar-refractivity contribution >= 4 is 41.8 Å². The summed E-state index contributed by atoms with van der Waals surface area (Å²) < 4.78 is 70.8. The average molecular weight is 915 g/mol. The Balaban J connectivity index is 1.64. The summed E-state index contributed by atoms with van der Waals surface area (Å²) in [6.07, 6.45) is -6.55. The van der Waals surface area contributed by atoms with Crippen molar-refractivity contribution in [2.75, 3.05) is 7.11 Å². The maximum absolute atomic E-state index is 15.3. The second-order valence-electron chi connectivity index (χ2n) is 19.9. The van der Waals surface area contributed by atoms with Gasteiger partial charge in [-0.3, -0.25) is 28.8 Å². The van der Waals surface area contributed by atoms with Gasteiger partial charge in [0.15, 0.2) is 35.1 Å². The number of esters is 7. The fourth-order valence-electron chi connectivity index (χ4n) is 14.2. The summed E-state index contributed by atoms with van der Waals surface area (Å²) in [5.74, 6) is -13.1. The minimum absolute atomic E-state index is 0.203. The topological polar surface area (TPSA) is 245 Å². The summed E-state index contributed by atoms with van der Waals surface area (Å²) >= 11 is 0. The molecule has 19 heteroatoms. The molecular weight excluding hydrogens is 856 g/mol. The molecule has 19 nitrogen and oxygen atoms in total. The highest BCUT2D eigenvalue weighted by Gasteiger charge is 3.07. The van der Waals surface area contributed by atoms with Crippen LogP contribution in [0.1, 0.15) is 114 Å². The zero-order chi connectivity index (χ0) is 48.0. The van der Waals surface area contributed by atoms with Gasteiger partial charge in [0.05, 0.1) is 36.5 Å². The maximum Gasteiger partial charge on any atom is 0.338 e. The highest BCUT2D eigenvalue weighted by atomic mass is 16.9. The van der Waals surface area contributed by atoms with E-state index in [1.807, 2.05) is 0 Å². The van der Waals surface area contributed by atoms with Crippen LogP contribution in [-0.4, -0.2) is 107 Å². The molecule has 1 aromatic heterocycles. The Morgan fingerprint density at radius 1 is 0.846 bits per heavy atom. The summed E-state index contributed by atoms with van der Waals surface area (Å²) in [6, 6.07) is 1.50. The molecule has 4 heterocycles. The first-order valence-electron chi connectivity index (χ1n) is 22.0. The first kappa shape index (κ1) is 46.7. The second-order valence-corrected chi connectivity index (χ2v) is 19.9. The third-order valence-corrected chi connectivity index (χ3v) is 16.1. The third kappa shape index (κ3) is 5.46. The van der Waals surface area contributed by atoms with Crippen LogP contribution in [0.5, 0.6) is 0 Å². The molecule has 0 radical (unpaired) electrons. The fraction of sp³-hybridized carbons (Fsp3) is 0.717. The van der Waals surface area contributed by atoms with Crippen molar-refractivity contribution in [1.29, 1.82) is 0 Å². The van der Waals surface area contributed by atoms with Crippen LogP contribution >= 0.6 is 0 Å². The van der Waals surface area contributed by atoms with E-state index in [4.69, 9.17) is 51.8 Å². The molecule has 3 saturated heterocycles. The van der Waals surface area contributed by atoms with Crippen molar-refractivity contribution < 1.29 is 90.5 Å². The number of allylic oxidation sites excluding steroid dienone is 1. The van der Waals surface area contributed by atoms with Gasteiger partial charge in [-0.05, 0) is 24.8 Å². The number of cyclic esters (lactones) is 1. The van der Waals surface area contributed by atoms with E-state index >= 15 is 4.79 Å². The van der Waals surface area contributed by atoms with Crippen molar-refractivity contribution in [3.05, 3.63) is 35.5 Å². The normalized spacial score (nSPS) is 44.8. The largest absolute Gasteiger partial charge is 0.472 e. The predicted octanol–water partition coefficient (Wildman–Crippen LogP) is 4.06. The SMILES string of the molecule is CCC(C)C(=O)O[C@H]1[C@]2(C)CC34OC5(C)O[C@]6([C@@H]7/C(=C(/OC(C)=O)C(C)C)C(=O)O[C@@H](c8ccoc8)[C@]7(C)[C@@H](OC(C)=O)[C@@H](OC(C)=O)[C@]6(O5)[C@]3(C)[C@H]2CC(=O)OC)[C@H](OC(C)=O)[C@@]14O. The lowest BCUT2D eigenvalue weighted by molar-refractivity contribution is -0.490. The van der Waals surface area contributed by atoms with Crippen molar-refractivity contribution in [2.24, 2.45) is 39.9 Å². The molecule has 65 heavy (non-hydrogen) atoms. The number of ether oxygens (including phenoxy) is 10. The van der Waals surface area contributed by atoms with Crippen molar-refractivity contribution in [3.63, 3.8) is 0 Å². The number of methoxy groups -OCH3 is 1. The molecule has 7 fully saturated rings. The molecule has 3 unspecified atom stereocenters. The number of fused-ring (bicyclic) bond motifs is 3. The molecule has 4 saturated carbocycles. The number of aliphatic hydroxyl groups is 1. The van der Waals surface area contributed by atoms with E-state index < -0.39 is 147 Å². The number of carbonyl (C=O) groups excluding carboxylic acids is 7. The van der Waals surface area contributed by atoms with Crippen LogP contribution < -0.4 is 0 Å². The van der Waals surface area contributed by atoms with Gasteiger partial charge in [0, 0.05) is 69.3 Å². The van der Waals surface area contributed by atoms with E-state index in [0.29, 0.717) is 6.42 Å². The van der Waals surface area contributed by atoms with Gasteiger partial charge in [-0.1, -0.05) is 48.5 Å². The standard InChI is InChI=1S/C46H58O19/c1-14-21(4)35(52)62-37-39(9)19-43-41(11,27(39)17-28(51)55-13)46-34(59-24(7)49)33(58-23(6)48)40(10)31(45(46,64-42(12,63-43)65-46)38(44(37,43)54)60-25(8)50)29(30(20(2)3)57-22(5)47)36(53)61-32(40)26-15-16-56-18-26/h15-16,18,20-21,27,31-34,37-38,54H,14,17,19H2,1-13H3/b30-29-/t21?,27-,31+,32-,33-,34+,37-,38+,39+,40+,41+,42?,43?,44-,45+,46-/m0/s1. The fourth-order valence-corrected chi connectivity index (χ4v) is 14.2. The van der Waals surface area contributed by atoms with E-state index in [9.17, 15) is 33.9 Å². The van der Waals surface area contributed by atoms with Crippen LogP contribution in [0.15, 0.2) is 34.3 Å². The summed E-state index contributed by atoms with van der Waals surface area (Å²) in [7, 11) is 1.19. The first-order valence-corrected chi connectivity index (χ1v) is 22.0. The Morgan fingerprint density at radius 2 is 1.48 bits per heavy atom. The zero-order valence-electron chi connectivity index (χ0n) is 38.8. The van der Waals surface area contributed by atoms with Crippen molar-refractivity contribution in [3.8, 4) is 0 Å². The number of hydrogen-bond acceptors (Lipinski definition) is 19. The van der Waals surface area contributed by atoms with Gasteiger partial charge in [0.2, 0.25) is 0 Å². The molecule has 2 spiro atoms. The molecule has 0 amide bonds. The predicted molar refractivity (Wildman–Crippen MR) is 215 cm³/mol. The van der Waals surface area contributed by atoms with E-state index in [2.05, 4.69) is 0 Å². The smallest absolute Gasteiger partial charge is 0.338 e. The molecule has 356 valence electrons. The van der Waals surface area contributed by atoms with Crippen LogP contribution in [0.2, 0.25) is 0 Å². The Morgan fingerprint density at radius 3 is 2.02 bits per heavy atom. The van der Waals surface area contributed by atoms with Crippen LogP contribution in [0.4, 0.5) is 0 Å². The first-order chi connectivity index (χ1) is 30.2. The van der Waals surface area contributed by atoms with Crippen molar-refractivity contribution in [1.82, 2.24) is 0 Å². The van der Waals surface area contributed by atoms with Crippen LogP contribution in [0, 0.1) is 39.9 Å². The Kier molecular flexibility index (Phi) is 10.5. The Bertz CT molecular complexity index is 2290. The van der Waals surface area contributed by atoms with Crippen LogP contribution in [0.25, 0.3) is 0 Å². The number of rotatable bonds is 11. The lowest BCUT2D eigenvalue weighted by Crippen LogP contribution is -2.97. The molecule has 4 aliphatic carbocycles. The molecule has 4 bridgehead atoms. The average Bonchev–Trinajstić information content (AvgIpc) is 3.91. The number of furan rings is 1. The zero-order valence-corrected chi connectivity index (χ0v) is 38.8. The lowest BCUT2D eigenvalue weighted by atomic mass is 9.32. The Labute approximate surface area is 375 Å². The van der Waals surface area contributed by atoms with E-state index in [0.717, 1.165) is 27.7 Å². The molecule has 7 aliphatic rings. The van der Waals surface area contributed by atoms with E-state index in [1.54, 1.807) is 48.5 Å². The minimum Gasteiger partial charge on any atom is -0.472 e. The molecule has 8 rings (SSSR count). The van der Waals surface area contributed by atoms with Gasteiger partial charge in [-0.2, -0.15) is 0 Å². The molecular formula is C46H58O19. The summed E-state index contributed by atoms with van der Waals surface area (Å²) in [6.45, 7) is 17.5. The molecule has 1 N–H and O–H groups in total. The minimum atomic E-state index is -2.67. The van der Waals surface area contributed by atoms with Gasteiger partial charge in [0.25, 0.3) is 5.97 Å². The monoisotopic (exact) mass is 914 g/mol. The number of hydrogen-bond donors (Lipinski definition) is 1. The quantitative estimate of drug-likeness (QED) is 0.142. The van der Waals surface area contributed by atoms with Gasteiger partial charge in [-0.15, -0.1) is 0 Å². The number of carbonyl (C=O) groups is 7. The maximum atomic E-state index is 15.3. The van der Waals surface area contributed by atoms with Gasteiger partial charge >= 0.3 is 41.8 Å². The molecule has 3 aliphatic heterocycles. The van der Waals surface area contributed by atoms with E-state index in [-0.39, 0.29) is 23.3 Å². The Hall–Kier alpha value is -4.85. The summed E-state index contributed by atoms with van der Waals surface area (Å²) in [5.41, 5.74) is -15.3. The van der Waals surface area contributed by atoms with E-state index in [1.165, 1.54) is 32.6 Å². The van der Waals surface area contributed by atoms with Gasteiger partial charge in [-0.25, -0.2) is 4.79 Å². The van der Waals surface area contributed by atoms with Gasteiger partial charge in [0.1, 0.15) is 23.6 Å². The molecule has 1 aromatic rings.